The Morgan fingerprint density at radius 2 is 1.80 bits per heavy atom. The number of piperidine rings is 1. The summed E-state index contributed by atoms with van der Waals surface area (Å²) in [6.07, 6.45) is 8.86. The largest absolute Gasteiger partial charge is 0.303 e. The van der Waals surface area contributed by atoms with Gasteiger partial charge in [0, 0.05) is 16.7 Å². The number of thioether (sulfide) groups is 1. The molecule has 2 aromatic carbocycles. The Morgan fingerprint density at radius 1 is 1.03 bits per heavy atom. The molecule has 1 nitrogen and oxygen atoms in total. The molecule has 2 aliphatic rings. The second-order valence-corrected chi connectivity index (χ2v) is 10.9. The topological polar surface area (TPSA) is 3.24 Å². The van der Waals surface area contributed by atoms with Gasteiger partial charge in [0.1, 0.15) is 0 Å². The fourth-order valence-corrected chi connectivity index (χ4v) is 6.21. The van der Waals surface area contributed by atoms with E-state index in [4.69, 9.17) is 0 Å². The number of likely N-dealkylation sites (tertiary alicyclic amines) is 1. The van der Waals surface area contributed by atoms with E-state index < -0.39 is 0 Å². The van der Waals surface area contributed by atoms with E-state index in [-0.39, 0.29) is 0 Å². The molecule has 2 aromatic rings. The van der Waals surface area contributed by atoms with E-state index in [0.717, 1.165) is 12.3 Å². The summed E-state index contributed by atoms with van der Waals surface area (Å²) in [5.41, 5.74) is 6.07. The quantitative estimate of drug-likeness (QED) is 0.483. The fourth-order valence-electron chi connectivity index (χ4n) is 5.00. The van der Waals surface area contributed by atoms with Crippen molar-refractivity contribution in [2.24, 2.45) is 11.8 Å². The predicted molar refractivity (Wildman–Crippen MR) is 131 cm³/mol. The molecule has 30 heavy (non-hydrogen) atoms. The van der Waals surface area contributed by atoms with Crippen molar-refractivity contribution in [1.82, 2.24) is 4.90 Å². The normalized spacial score (nSPS) is 24.6. The van der Waals surface area contributed by atoms with Crippen LogP contribution in [0.3, 0.4) is 0 Å². The van der Waals surface area contributed by atoms with E-state index in [1.807, 2.05) is 0 Å². The zero-order valence-corrected chi connectivity index (χ0v) is 19.8. The van der Waals surface area contributed by atoms with Crippen LogP contribution in [-0.4, -0.2) is 29.8 Å². The average Bonchev–Trinajstić information content (AvgIpc) is 2.87. The minimum absolute atomic E-state index is 0.647. The Morgan fingerprint density at radius 3 is 2.57 bits per heavy atom. The molecule has 2 heterocycles. The molecule has 160 valence electrons. The van der Waals surface area contributed by atoms with Crippen molar-refractivity contribution in [2.75, 3.05) is 19.6 Å². The van der Waals surface area contributed by atoms with Gasteiger partial charge in [-0.3, -0.25) is 0 Å². The molecule has 0 aliphatic carbocycles. The Kier molecular flexibility index (Phi) is 7.38. The number of hydrogen-bond donors (Lipinski definition) is 0. The van der Waals surface area contributed by atoms with Crippen LogP contribution in [0.2, 0.25) is 0 Å². The van der Waals surface area contributed by atoms with Crippen molar-refractivity contribution in [3.8, 4) is 0 Å². The lowest BCUT2D eigenvalue weighted by molar-refractivity contribution is 0.186. The molecule has 0 bridgehead atoms. The smallest absolute Gasteiger partial charge is 0.0129 e. The van der Waals surface area contributed by atoms with Crippen LogP contribution in [-0.2, 0) is 12.8 Å². The molecule has 1 saturated heterocycles. The third-order valence-corrected chi connectivity index (χ3v) is 8.57. The minimum Gasteiger partial charge on any atom is -0.303 e. The van der Waals surface area contributed by atoms with Crippen LogP contribution in [0.5, 0.6) is 0 Å². The first-order valence-electron chi connectivity index (χ1n) is 11.8. The van der Waals surface area contributed by atoms with Gasteiger partial charge in [0.05, 0.1) is 0 Å². The lowest BCUT2D eigenvalue weighted by atomic mass is 9.89. The Labute approximate surface area is 188 Å². The molecule has 0 spiro atoms. The number of rotatable bonds is 5. The minimum atomic E-state index is 0.647. The van der Waals surface area contributed by atoms with Crippen LogP contribution in [0.4, 0.5) is 0 Å². The van der Waals surface area contributed by atoms with Crippen molar-refractivity contribution in [2.45, 2.75) is 63.0 Å². The first-order valence-corrected chi connectivity index (χ1v) is 12.7. The number of benzene rings is 2. The van der Waals surface area contributed by atoms with Crippen LogP contribution in [0.15, 0.2) is 65.1 Å². The van der Waals surface area contributed by atoms with Crippen molar-refractivity contribution < 1.29 is 0 Å². The summed E-state index contributed by atoms with van der Waals surface area (Å²) in [4.78, 5) is 4.18. The molecule has 2 atom stereocenters. The standard InChI is InChI=1S/C28H37NS/c1-21-11-12-28-27(18-21)20-26(22(2)23(3)30-28)10-7-15-29-16-13-25(14-17-29)19-24-8-5-4-6-9-24/h4-6,8-12,18,22-23,25H,7,13-17,19-20H2,1-3H3/b26-10-/t22-,23+/m0/s1. The lowest BCUT2D eigenvalue weighted by Crippen LogP contribution is -2.34. The van der Waals surface area contributed by atoms with Gasteiger partial charge in [-0.2, -0.15) is 0 Å². The van der Waals surface area contributed by atoms with Crippen molar-refractivity contribution in [3.63, 3.8) is 0 Å². The molecular formula is C28H37NS. The Bertz CT molecular complexity index is 848. The van der Waals surface area contributed by atoms with E-state index in [1.54, 1.807) is 5.57 Å². The van der Waals surface area contributed by atoms with Crippen molar-refractivity contribution >= 4 is 11.8 Å². The van der Waals surface area contributed by atoms with Crippen LogP contribution >= 0.6 is 11.8 Å². The first-order chi connectivity index (χ1) is 14.6. The van der Waals surface area contributed by atoms with Crippen molar-refractivity contribution in [3.05, 3.63) is 76.9 Å². The van der Waals surface area contributed by atoms with Gasteiger partial charge in [-0.1, -0.05) is 73.5 Å². The number of nitrogens with zero attached hydrogens (tertiary/aromatic N) is 1. The summed E-state index contributed by atoms with van der Waals surface area (Å²) in [6, 6.07) is 18.0. The third kappa shape index (κ3) is 5.59. The molecule has 0 amide bonds. The van der Waals surface area contributed by atoms with Crippen LogP contribution in [0, 0.1) is 18.8 Å². The monoisotopic (exact) mass is 419 g/mol. The van der Waals surface area contributed by atoms with E-state index in [2.05, 4.69) is 92.0 Å². The maximum atomic E-state index is 2.69. The van der Waals surface area contributed by atoms with Gasteiger partial charge in [0.25, 0.3) is 0 Å². The highest BCUT2D eigenvalue weighted by Crippen LogP contribution is 2.39. The molecular weight excluding hydrogens is 382 g/mol. The second kappa shape index (κ2) is 10.2. The third-order valence-electron chi connectivity index (χ3n) is 7.14. The molecule has 2 aliphatic heterocycles. The fraction of sp³-hybridized carbons (Fsp3) is 0.500. The molecule has 0 N–H and O–H groups in total. The number of aryl methyl sites for hydroxylation is 1. The number of allylic oxidation sites excluding steroid dienone is 1. The zero-order chi connectivity index (χ0) is 20.9. The van der Waals surface area contributed by atoms with Gasteiger partial charge in [-0.15, -0.1) is 11.8 Å². The van der Waals surface area contributed by atoms with Gasteiger partial charge < -0.3 is 4.90 Å². The molecule has 1 fully saturated rings. The van der Waals surface area contributed by atoms with Gasteiger partial charge in [-0.05, 0) is 81.1 Å². The van der Waals surface area contributed by atoms with Gasteiger partial charge >= 0.3 is 0 Å². The molecule has 2 heteroatoms. The Hall–Kier alpha value is -1.51. The summed E-state index contributed by atoms with van der Waals surface area (Å²) in [7, 11) is 0. The molecule has 0 aromatic heterocycles. The maximum absolute atomic E-state index is 2.69. The zero-order valence-electron chi connectivity index (χ0n) is 18.9. The lowest BCUT2D eigenvalue weighted by Gasteiger charge is -2.32. The summed E-state index contributed by atoms with van der Waals surface area (Å²) in [5.74, 6) is 1.51. The molecule has 4 rings (SSSR count). The van der Waals surface area contributed by atoms with Crippen LogP contribution in [0.1, 0.15) is 49.8 Å². The highest BCUT2D eigenvalue weighted by Gasteiger charge is 2.24. The first kappa shape index (κ1) is 21.7. The van der Waals surface area contributed by atoms with E-state index in [9.17, 15) is 0 Å². The summed E-state index contributed by atoms with van der Waals surface area (Å²) in [5, 5.41) is 0.647. The highest BCUT2D eigenvalue weighted by molar-refractivity contribution is 8.00. The number of fused-ring (bicyclic) bond motifs is 1. The van der Waals surface area contributed by atoms with E-state index in [1.165, 1.54) is 66.9 Å². The van der Waals surface area contributed by atoms with E-state index in [0.29, 0.717) is 11.2 Å². The molecule has 0 unspecified atom stereocenters. The van der Waals surface area contributed by atoms with Gasteiger partial charge in [0.15, 0.2) is 0 Å². The SMILES string of the molecule is Cc1ccc2c(c1)C/C(=C/CCN1CCC(Cc3ccccc3)CC1)[C@@H](C)[C@@H](C)S2. The highest BCUT2D eigenvalue weighted by atomic mass is 32.2. The maximum Gasteiger partial charge on any atom is 0.0129 e. The number of hydrogen-bond acceptors (Lipinski definition) is 2. The molecule has 0 radical (unpaired) electrons. The summed E-state index contributed by atoms with van der Waals surface area (Å²) < 4.78 is 0. The van der Waals surface area contributed by atoms with Crippen LogP contribution in [0.25, 0.3) is 0 Å². The average molecular weight is 420 g/mol. The summed E-state index contributed by atoms with van der Waals surface area (Å²) >= 11 is 2.06. The van der Waals surface area contributed by atoms with Gasteiger partial charge in [-0.25, -0.2) is 0 Å². The second-order valence-electron chi connectivity index (χ2n) is 9.44. The summed E-state index contributed by atoms with van der Waals surface area (Å²) in [6.45, 7) is 10.8. The molecule has 0 saturated carbocycles. The van der Waals surface area contributed by atoms with E-state index >= 15 is 0 Å². The van der Waals surface area contributed by atoms with Crippen LogP contribution < -0.4 is 0 Å². The van der Waals surface area contributed by atoms with Crippen molar-refractivity contribution in [1.29, 1.82) is 0 Å². The van der Waals surface area contributed by atoms with Gasteiger partial charge in [0.2, 0.25) is 0 Å². The predicted octanol–water partition coefficient (Wildman–Crippen LogP) is 6.94. The Balaban J connectivity index is 1.29.